The summed E-state index contributed by atoms with van der Waals surface area (Å²) in [5, 5.41) is 2.70. The molecule has 1 rings (SSSR count). The van der Waals surface area contributed by atoms with Crippen molar-refractivity contribution in [3.8, 4) is 0 Å². The maximum atomic E-state index is 12.2. The molecule has 0 saturated carbocycles. The van der Waals surface area contributed by atoms with Gasteiger partial charge in [-0.25, -0.2) is 4.79 Å². The fourth-order valence-electron chi connectivity index (χ4n) is 2.03. The molecule has 4 heteroatoms. The quantitative estimate of drug-likeness (QED) is 0.663. The Bertz CT molecular complexity index is 514. The Kier molecular flexibility index (Phi) is 5.50. The van der Waals surface area contributed by atoms with Gasteiger partial charge in [-0.15, -0.1) is 6.58 Å². The van der Waals surface area contributed by atoms with E-state index in [1.54, 1.807) is 19.1 Å². The molecule has 0 fully saturated rings. The van der Waals surface area contributed by atoms with Gasteiger partial charge in [0.25, 0.3) is 5.91 Å². The van der Waals surface area contributed by atoms with Gasteiger partial charge in [0.2, 0.25) is 0 Å². The highest BCUT2D eigenvalue weighted by Crippen LogP contribution is 2.10. The van der Waals surface area contributed by atoms with Crippen LogP contribution in [0, 0.1) is 13.8 Å². The first kappa shape index (κ1) is 16.0. The molecule has 0 aliphatic carbocycles. The zero-order valence-electron chi connectivity index (χ0n) is 12.4. The number of rotatable bonds is 5. The average Bonchev–Trinajstić information content (AvgIpc) is 2.35. The molecule has 0 saturated heterocycles. The molecule has 0 bridgehead atoms. The fourth-order valence-corrected chi connectivity index (χ4v) is 2.03. The van der Waals surface area contributed by atoms with Gasteiger partial charge in [-0.1, -0.05) is 22.8 Å². The Balaban J connectivity index is 2.89. The van der Waals surface area contributed by atoms with Crippen molar-refractivity contribution < 1.29 is 14.3 Å². The summed E-state index contributed by atoms with van der Waals surface area (Å²) in [4.78, 5) is 23.9. The van der Waals surface area contributed by atoms with Gasteiger partial charge in [0, 0.05) is 5.56 Å². The Hall–Kier alpha value is -2.10. The van der Waals surface area contributed by atoms with Crippen LogP contribution in [0.2, 0.25) is 0 Å². The van der Waals surface area contributed by atoms with Crippen molar-refractivity contribution in [2.75, 3.05) is 7.11 Å². The number of hydrogen-bond donors (Lipinski definition) is 1. The minimum absolute atomic E-state index is 0.284. The summed E-state index contributed by atoms with van der Waals surface area (Å²) in [7, 11) is 1.30. The molecule has 0 aliphatic rings. The van der Waals surface area contributed by atoms with Crippen molar-refractivity contribution in [3.05, 3.63) is 47.0 Å². The third kappa shape index (κ3) is 4.53. The van der Waals surface area contributed by atoms with Crippen LogP contribution in [-0.2, 0) is 9.53 Å². The molecule has 1 N–H and O–H groups in total. The lowest BCUT2D eigenvalue weighted by molar-refractivity contribution is -0.142. The molecule has 4 nitrogen and oxygen atoms in total. The maximum Gasteiger partial charge on any atom is 0.328 e. The normalized spacial score (nSPS) is 11.6. The first-order chi connectivity index (χ1) is 9.33. The van der Waals surface area contributed by atoms with Gasteiger partial charge in [-0.3, -0.25) is 4.79 Å². The monoisotopic (exact) mass is 275 g/mol. The minimum atomic E-state index is -0.703. The summed E-state index contributed by atoms with van der Waals surface area (Å²) in [6, 6.07) is 4.86. The van der Waals surface area contributed by atoms with Crippen molar-refractivity contribution in [2.24, 2.45) is 0 Å². The van der Waals surface area contributed by atoms with Gasteiger partial charge in [0.15, 0.2) is 0 Å². The van der Waals surface area contributed by atoms with Gasteiger partial charge >= 0.3 is 5.97 Å². The van der Waals surface area contributed by atoms with Crippen molar-refractivity contribution in [1.29, 1.82) is 0 Å². The van der Waals surface area contributed by atoms with E-state index in [9.17, 15) is 9.59 Å². The van der Waals surface area contributed by atoms with Crippen LogP contribution in [0.3, 0.4) is 0 Å². The largest absolute Gasteiger partial charge is 0.467 e. The first-order valence-electron chi connectivity index (χ1n) is 6.45. The molecule has 20 heavy (non-hydrogen) atoms. The van der Waals surface area contributed by atoms with E-state index in [1.807, 2.05) is 19.9 Å². The van der Waals surface area contributed by atoms with E-state index in [1.165, 1.54) is 7.11 Å². The molecule has 0 radical (unpaired) electrons. The fraction of sp³-hybridized carbons (Fsp3) is 0.375. The van der Waals surface area contributed by atoms with Crippen molar-refractivity contribution in [1.82, 2.24) is 5.32 Å². The Labute approximate surface area is 119 Å². The number of esters is 1. The van der Waals surface area contributed by atoms with Crippen molar-refractivity contribution in [2.45, 2.75) is 33.2 Å². The molecule has 1 atom stereocenters. The predicted octanol–water partition coefficient (Wildman–Crippen LogP) is 2.54. The topological polar surface area (TPSA) is 55.4 Å². The molecular formula is C16H21NO3. The second-order valence-corrected chi connectivity index (χ2v) is 5.09. The van der Waals surface area contributed by atoms with Crippen LogP contribution in [0.1, 0.15) is 34.8 Å². The molecule has 0 heterocycles. The highest BCUT2D eigenvalue weighted by Gasteiger charge is 2.22. The second kappa shape index (κ2) is 6.89. The molecule has 0 spiro atoms. The summed E-state index contributed by atoms with van der Waals surface area (Å²) < 4.78 is 4.70. The number of hydrogen-bond acceptors (Lipinski definition) is 3. The number of benzene rings is 1. The lowest BCUT2D eigenvalue weighted by atomic mass is 10.1. The van der Waals surface area contributed by atoms with Crippen LogP contribution in [0.5, 0.6) is 0 Å². The molecule has 0 unspecified atom stereocenters. The van der Waals surface area contributed by atoms with E-state index in [0.29, 0.717) is 12.0 Å². The van der Waals surface area contributed by atoms with E-state index >= 15 is 0 Å². The van der Waals surface area contributed by atoms with Crippen LogP contribution in [0.15, 0.2) is 30.4 Å². The number of carbonyl (C=O) groups is 2. The Morgan fingerprint density at radius 2 is 1.80 bits per heavy atom. The SMILES string of the molecule is C=C(C)C[C@@H](NC(=O)c1cc(C)cc(C)c1)C(=O)OC. The van der Waals surface area contributed by atoms with E-state index < -0.39 is 12.0 Å². The van der Waals surface area contributed by atoms with Crippen LogP contribution in [0.4, 0.5) is 0 Å². The van der Waals surface area contributed by atoms with Gasteiger partial charge in [-0.2, -0.15) is 0 Å². The number of ether oxygens (including phenoxy) is 1. The van der Waals surface area contributed by atoms with Crippen LogP contribution < -0.4 is 5.32 Å². The molecule has 1 aromatic rings. The van der Waals surface area contributed by atoms with E-state index in [0.717, 1.165) is 16.7 Å². The van der Waals surface area contributed by atoms with Gasteiger partial charge in [-0.05, 0) is 39.3 Å². The number of methoxy groups -OCH3 is 1. The molecule has 0 aromatic heterocycles. The molecule has 0 aliphatic heterocycles. The Morgan fingerprint density at radius 3 is 2.25 bits per heavy atom. The van der Waals surface area contributed by atoms with Crippen LogP contribution >= 0.6 is 0 Å². The summed E-state index contributed by atoms with van der Waals surface area (Å²) >= 11 is 0. The predicted molar refractivity (Wildman–Crippen MR) is 78.6 cm³/mol. The van der Waals surface area contributed by atoms with E-state index in [2.05, 4.69) is 11.9 Å². The third-order valence-corrected chi connectivity index (χ3v) is 2.83. The molecule has 1 amide bonds. The molecule has 108 valence electrons. The van der Waals surface area contributed by atoms with Gasteiger partial charge in [0.1, 0.15) is 6.04 Å². The number of carbonyl (C=O) groups excluding carboxylic acids is 2. The standard InChI is InChI=1S/C16H21NO3/c1-10(2)6-14(16(19)20-5)17-15(18)13-8-11(3)7-12(4)9-13/h7-9,14H,1,6H2,2-5H3,(H,17,18)/t14-/m1/s1. The maximum absolute atomic E-state index is 12.2. The average molecular weight is 275 g/mol. The highest BCUT2D eigenvalue weighted by atomic mass is 16.5. The van der Waals surface area contributed by atoms with Gasteiger partial charge < -0.3 is 10.1 Å². The zero-order valence-corrected chi connectivity index (χ0v) is 12.4. The Morgan fingerprint density at radius 1 is 1.25 bits per heavy atom. The first-order valence-corrected chi connectivity index (χ1v) is 6.45. The van der Waals surface area contributed by atoms with Crippen LogP contribution in [0.25, 0.3) is 0 Å². The summed E-state index contributed by atoms with van der Waals surface area (Å²) in [6.07, 6.45) is 0.364. The highest BCUT2D eigenvalue weighted by molar-refractivity contribution is 5.97. The number of nitrogens with one attached hydrogen (secondary N) is 1. The van der Waals surface area contributed by atoms with E-state index in [4.69, 9.17) is 4.74 Å². The smallest absolute Gasteiger partial charge is 0.328 e. The second-order valence-electron chi connectivity index (χ2n) is 5.09. The van der Waals surface area contributed by atoms with Gasteiger partial charge in [0.05, 0.1) is 7.11 Å². The number of aryl methyl sites for hydroxylation is 2. The summed E-state index contributed by atoms with van der Waals surface area (Å²) in [5.74, 6) is -0.751. The van der Waals surface area contributed by atoms with Crippen molar-refractivity contribution in [3.63, 3.8) is 0 Å². The molecular weight excluding hydrogens is 254 g/mol. The number of amides is 1. The lowest BCUT2D eigenvalue weighted by Crippen LogP contribution is -2.41. The third-order valence-electron chi connectivity index (χ3n) is 2.83. The zero-order chi connectivity index (χ0) is 15.3. The summed E-state index contributed by atoms with van der Waals surface area (Å²) in [5.41, 5.74) is 3.36. The van der Waals surface area contributed by atoms with E-state index in [-0.39, 0.29) is 5.91 Å². The summed E-state index contributed by atoms with van der Waals surface area (Å²) in [6.45, 7) is 9.42. The molecule has 1 aromatic carbocycles. The minimum Gasteiger partial charge on any atom is -0.467 e. The lowest BCUT2D eigenvalue weighted by Gasteiger charge is -2.17. The van der Waals surface area contributed by atoms with Crippen LogP contribution in [-0.4, -0.2) is 25.0 Å². The van der Waals surface area contributed by atoms with Crippen molar-refractivity contribution >= 4 is 11.9 Å².